The Morgan fingerprint density at radius 3 is 2.33 bits per heavy atom. The van der Waals surface area contributed by atoms with Crippen molar-refractivity contribution in [3.63, 3.8) is 0 Å². The molecule has 0 aliphatic carbocycles. The van der Waals surface area contributed by atoms with E-state index in [0.717, 1.165) is 23.4 Å². The molecule has 2 aromatic carbocycles. The zero-order chi connectivity index (χ0) is 17.7. The average molecular weight is 348 g/mol. The van der Waals surface area contributed by atoms with Gasteiger partial charge in [-0.25, -0.2) is 12.8 Å². The molecule has 0 saturated heterocycles. The molecule has 0 bridgehead atoms. The maximum absolute atomic E-state index is 13.0. The summed E-state index contributed by atoms with van der Waals surface area (Å²) in [6, 6.07) is 9.56. The smallest absolute Gasteiger partial charge is 0.261 e. The van der Waals surface area contributed by atoms with Crippen molar-refractivity contribution >= 4 is 27.3 Å². The summed E-state index contributed by atoms with van der Waals surface area (Å²) in [5, 5.41) is 0. The molecule has 1 amide bonds. The second-order valence-electron chi connectivity index (χ2n) is 6.28. The van der Waals surface area contributed by atoms with Crippen LogP contribution in [-0.4, -0.2) is 21.4 Å². The van der Waals surface area contributed by atoms with E-state index in [9.17, 15) is 17.6 Å². The van der Waals surface area contributed by atoms with Gasteiger partial charge in [0.25, 0.3) is 10.0 Å². The highest BCUT2D eigenvalue weighted by Crippen LogP contribution is 2.42. The summed E-state index contributed by atoms with van der Waals surface area (Å²) in [5.74, 6) is -0.550. The number of hydrogen-bond acceptors (Lipinski definition) is 3. The molecule has 0 aromatic heterocycles. The SMILES string of the molecule is CN1C(=O)C(C)(C)c2cc(NS(=O)(=O)c3ccc(F)cc3)ccc21. The van der Waals surface area contributed by atoms with Crippen molar-refractivity contribution in [3.8, 4) is 0 Å². The van der Waals surface area contributed by atoms with Crippen LogP contribution in [0.4, 0.5) is 15.8 Å². The first-order valence-corrected chi connectivity index (χ1v) is 8.82. The lowest BCUT2D eigenvalue weighted by molar-refractivity contribution is -0.121. The van der Waals surface area contributed by atoms with Crippen molar-refractivity contribution in [2.45, 2.75) is 24.2 Å². The molecular weight excluding hydrogens is 331 g/mol. The second kappa shape index (κ2) is 5.31. The number of fused-ring (bicyclic) bond motifs is 1. The summed E-state index contributed by atoms with van der Waals surface area (Å²) < 4.78 is 40.2. The standard InChI is InChI=1S/C17H17FN2O3S/c1-17(2)14-10-12(6-9-15(14)20(3)16(17)21)19-24(22,23)13-7-4-11(18)5-8-13/h4-10,19H,1-3H3. The number of halogens is 1. The molecule has 0 atom stereocenters. The Labute approximate surface area is 140 Å². The van der Waals surface area contributed by atoms with E-state index in [0.29, 0.717) is 5.69 Å². The van der Waals surface area contributed by atoms with Crippen molar-refractivity contribution in [1.29, 1.82) is 0 Å². The highest BCUT2D eigenvalue weighted by Gasteiger charge is 2.42. The quantitative estimate of drug-likeness (QED) is 0.927. The number of hydrogen-bond donors (Lipinski definition) is 1. The van der Waals surface area contributed by atoms with Gasteiger partial charge in [0, 0.05) is 18.4 Å². The highest BCUT2D eigenvalue weighted by molar-refractivity contribution is 7.92. The largest absolute Gasteiger partial charge is 0.314 e. The van der Waals surface area contributed by atoms with Gasteiger partial charge < -0.3 is 4.90 Å². The lowest BCUT2D eigenvalue weighted by Crippen LogP contribution is -2.33. The van der Waals surface area contributed by atoms with Gasteiger partial charge in [0.2, 0.25) is 5.91 Å². The van der Waals surface area contributed by atoms with Gasteiger partial charge in [-0.1, -0.05) is 0 Å². The van der Waals surface area contributed by atoms with Crippen LogP contribution in [0, 0.1) is 5.82 Å². The van der Waals surface area contributed by atoms with Crippen molar-refractivity contribution in [1.82, 2.24) is 0 Å². The predicted octanol–water partition coefficient (Wildman–Crippen LogP) is 2.88. The first-order chi connectivity index (χ1) is 11.1. The van der Waals surface area contributed by atoms with E-state index < -0.39 is 21.3 Å². The number of nitrogens with one attached hydrogen (secondary N) is 1. The maximum atomic E-state index is 13.0. The summed E-state index contributed by atoms with van der Waals surface area (Å²) in [6.45, 7) is 3.60. The van der Waals surface area contributed by atoms with Crippen LogP contribution in [-0.2, 0) is 20.2 Å². The molecule has 1 heterocycles. The Kier molecular flexibility index (Phi) is 3.64. The highest BCUT2D eigenvalue weighted by atomic mass is 32.2. The Morgan fingerprint density at radius 2 is 1.71 bits per heavy atom. The van der Waals surface area contributed by atoms with Gasteiger partial charge in [-0.2, -0.15) is 0 Å². The monoisotopic (exact) mass is 348 g/mol. The number of likely N-dealkylation sites (N-methyl/N-ethyl adjacent to an activating group) is 1. The van der Waals surface area contributed by atoms with Crippen LogP contribution >= 0.6 is 0 Å². The second-order valence-corrected chi connectivity index (χ2v) is 7.96. The number of nitrogens with zero attached hydrogens (tertiary/aromatic N) is 1. The molecular formula is C17H17FN2O3S. The molecule has 2 aromatic rings. The van der Waals surface area contributed by atoms with E-state index in [-0.39, 0.29) is 10.8 Å². The van der Waals surface area contributed by atoms with Crippen molar-refractivity contribution < 1.29 is 17.6 Å². The minimum absolute atomic E-state index is 0.0307. The Balaban J connectivity index is 1.97. The van der Waals surface area contributed by atoms with Crippen molar-refractivity contribution in [2.24, 2.45) is 0 Å². The van der Waals surface area contributed by atoms with Crippen LogP contribution in [0.5, 0.6) is 0 Å². The zero-order valence-corrected chi connectivity index (χ0v) is 14.3. The fourth-order valence-electron chi connectivity index (χ4n) is 2.86. The molecule has 1 aliphatic heterocycles. The van der Waals surface area contributed by atoms with Crippen molar-refractivity contribution in [3.05, 3.63) is 53.8 Å². The summed E-state index contributed by atoms with van der Waals surface area (Å²) >= 11 is 0. The fraction of sp³-hybridized carbons (Fsp3) is 0.235. The summed E-state index contributed by atoms with van der Waals surface area (Å²) in [6.07, 6.45) is 0. The van der Waals surface area contributed by atoms with E-state index >= 15 is 0 Å². The molecule has 0 fully saturated rings. The van der Waals surface area contributed by atoms with E-state index in [2.05, 4.69) is 4.72 Å². The minimum atomic E-state index is -3.83. The molecule has 1 N–H and O–H groups in total. The molecule has 0 unspecified atom stereocenters. The number of amides is 1. The van der Waals surface area contributed by atoms with Gasteiger partial charge in [-0.15, -0.1) is 0 Å². The van der Waals surface area contributed by atoms with E-state index in [1.165, 1.54) is 12.1 Å². The zero-order valence-electron chi connectivity index (χ0n) is 13.5. The number of benzene rings is 2. The molecule has 7 heteroatoms. The first kappa shape index (κ1) is 16.4. The number of carbonyl (C=O) groups excluding carboxylic acids is 1. The van der Waals surface area contributed by atoms with Gasteiger partial charge in [0.15, 0.2) is 0 Å². The topological polar surface area (TPSA) is 66.5 Å². The van der Waals surface area contributed by atoms with E-state index in [1.54, 1.807) is 44.0 Å². The average Bonchev–Trinajstić information content (AvgIpc) is 2.68. The maximum Gasteiger partial charge on any atom is 0.261 e. The first-order valence-electron chi connectivity index (χ1n) is 7.34. The Bertz CT molecular complexity index is 921. The molecule has 1 aliphatic rings. The number of anilines is 2. The van der Waals surface area contributed by atoms with Crippen LogP contribution < -0.4 is 9.62 Å². The molecule has 0 saturated carbocycles. The molecule has 0 radical (unpaired) electrons. The predicted molar refractivity (Wildman–Crippen MR) is 90.1 cm³/mol. The van der Waals surface area contributed by atoms with Crippen LogP contribution in [0.15, 0.2) is 47.4 Å². The normalized spacial score (nSPS) is 16.2. The minimum Gasteiger partial charge on any atom is -0.314 e. The number of rotatable bonds is 3. The van der Waals surface area contributed by atoms with Gasteiger partial charge in [0.05, 0.1) is 10.3 Å². The van der Waals surface area contributed by atoms with Crippen LogP contribution in [0.25, 0.3) is 0 Å². The lowest BCUT2D eigenvalue weighted by atomic mass is 9.86. The third kappa shape index (κ3) is 2.54. The fourth-order valence-corrected chi connectivity index (χ4v) is 3.91. The third-order valence-corrected chi connectivity index (χ3v) is 5.64. The number of carbonyl (C=O) groups is 1. The Hall–Kier alpha value is -2.41. The Morgan fingerprint density at radius 1 is 1.08 bits per heavy atom. The van der Waals surface area contributed by atoms with Gasteiger partial charge >= 0.3 is 0 Å². The summed E-state index contributed by atoms with van der Waals surface area (Å²) in [5.41, 5.74) is 1.15. The molecule has 126 valence electrons. The van der Waals surface area contributed by atoms with Crippen LogP contribution in [0.1, 0.15) is 19.4 Å². The van der Waals surface area contributed by atoms with Gasteiger partial charge in [-0.05, 0) is 61.9 Å². The molecule has 0 spiro atoms. The van der Waals surface area contributed by atoms with E-state index in [4.69, 9.17) is 0 Å². The number of sulfonamides is 1. The summed E-state index contributed by atoms with van der Waals surface area (Å²) in [4.78, 5) is 13.8. The van der Waals surface area contributed by atoms with Gasteiger partial charge in [0.1, 0.15) is 5.82 Å². The van der Waals surface area contributed by atoms with Crippen molar-refractivity contribution in [2.75, 3.05) is 16.7 Å². The molecule has 5 nitrogen and oxygen atoms in total. The summed E-state index contributed by atoms with van der Waals surface area (Å²) in [7, 11) is -2.13. The van der Waals surface area contributed by atoms with E-state index in [1.807, 2.05) is 0 Å². The third-order valence-electron chi connectivity index (χ3n) is 4.25. The molecule has 3 rings (SSSR count). The van der Waals surface area contributed by atoms with Crippen LogP contribution in [0.2, 0.25) is 0 Å². The van der Waals surface area contributed by atoms with Crippen LogP contribution in [0.3, 0.4) is 0 Å². The molecule has 24 heavy (non-hydrogen) atoms. The van der Waals surface area contributed by atoms with Gasteiger partial charge in [-0.3, -0.25) is 9.52 Å². The lowest BCUT2D eigenvalue weighted by Gasteiger charge is -2.17.